The van der Waals surface area contributed by atoms with Crippen molar-refractivity contribution in [2.24, 2.45) is 0 Å². The fourth-order valence-electron chi connectivity index (χ4n) is 3.51. The summed E-state index contributed by atoms with van der Waals surface area (Å²) in [6, 6.07) is 5.98. The summed E-state index contributed by atoms with van der Waals surface area (Å²) in [4.78, 5) is -2.56. The molecule has 4 rings (SSSR count). The van der Waals surface area contributed by atoms with Crippen molar-refractivity contribution in [3.8, 4) is 5.75 Å². The van der Waals surface area contributed by atoms with Crippen LogP contribution in [0.2, 0.25) is 0 Å². The van der Waals surface area contributed by atoms with Crippen LogP contribution in [-0.2, 0) is 30.4 Å². The average Bonchev–Trinajstić information content (AvgIpc) is 2.57. The van der Waals surface area contributed by atoms with Crippen molar-refractivity contribution in [1.82, 2.24) is 0 Å². The number of rotatable bonds is 3. The number of phenols is 1. The van der Waals surface area contributed by atoms with Crippen LogP contribution < -0.4 is 0 Å². The van der Waals surface area contributed by atoms with Crippen LogP contribution in [0.1, 0.15) is 0 Å². The molecule has 4 N–H and O–H groups in total. The molecule has 0 spiro atoms. The van der Waals surface area contributed by atoms with Crippen LogP contribution in [-0.4, -0.2) is 73.6 Å². The third-order valence-corrected chi connectivity index (χ3v) is 7.28. The van der Waals surface area contributed by atoms with Crippen LogP contribution in [0.25, 0.3) is 32.3 Å². The molecule has 30 heavy (non-hydrogen) atoms. The second kappa shape index (κ2) is 6.98. The fourth-order valence-corrected chi connectivity index (χ4v) is 5.72. The molecule has 0 bridgehead atoms. The molecule has 0 aliphatic heterocycles. The van der Waals surface area contributed by atoms with E-state index < -0.39 is 50.4 Å². The summed E-state index contributed by atoms with van der Waals surface area (Å²) >= 11 is 0. The van der Waals surface area contributed by atoms with Gasteiger partial charge in [0.1, 0.15) is 20.4 Å². The zero-order valence-corrected chi connectivity index (χ0v) is 16.4. The van der Waals surface area contributed by atoms with E-state index in [1.807, 2.05) is 0 Å². The summed E-state index contributed by atoms with van der Waals surface area (Å²) in [5.74, 6) is -0.334. The van der Waals surface area contributed by atoms with Crippen molar-refractivity contribution in [3.05, 3.63) is 36.4 Å². The van der Waals surface area contributed by atoms with Crippen molar-refractivity contribution in [3.63, 3.8) is 0 Å². The number of hydrogen-bond acceptors (Lipinski definition) is 7. The van der Waals surface area contributed by atoms with E-state index in [0.29, 0.717) is 6.07 Å². The van der Waals surface area contributed by atoms with E-state index in [1.165, 1.54) is 12.1 Å². The summed E-state index contributed by atoms with van der Waals surface area (Å²) in [5, 5.41) is 9.21. The normalized spacial score (nSPS) is 13.2. The molecular weight excluding hydrogens is 471 g/mol. The van der Waals surface area contributed by atoms with E-state index >= 15 is 0 Å². The second-order valence-corrected chi connectivity index (χ2v) is 10.4. The van der Waals surface area contributed by atoms with Crippen LogP contribution in [0.15, 0.2) is 51.1 Å². The van der Waals surface area contributed by atoms with Crippen LogP contribution in [0.3, 0.4) is 0 Å². The number of aromatic hydroxyl groups is 1. The quantitative estimate of drug-likeness (QED) is 0.189. The van der Waals surface area contributed by atoms with Gasteiger partial charge < -0.3 is 5.11 Å². The first-order valence-corrected chi connectivity index (χ1v) is 11.9. The molecule has 0 amide bonds. The molecular formula is C16H11NaO10S3. The van der Waals surface area contributed by atoms with Gasteiger partial charge in [-0.25, -0.2) is 0 Å². The average molecular weight is 482 g/mol. The molecule has 14 heteroatoms. The summed E-state index contributed by atoms with van der Waals surface area (Å²) in [5.41, 5.74) is 0. The zero-order valence-electron chi connectivity index (χ0n) is 13.9. The Morgan fingerprint density at radius 2 is 0.900 bits per heavy atom. The van der Waals surface area contributed by atoms with Gasteiger partial charge in [0, 0.05) is 32.3 Å². The van der Waals surface area contributed by atoms with Crippen LogP contribution in [0.4, 0.5) is 0 Å². The Morgan fingerprint density at radius 1 is 0.533 bits per heavy atom. The van der Waals surface area contributed by atoms with E-state index in [9.17, 15) is 44.0 Å². The summed E-state index contributed by atoms with van der Waals surface area (Å²) in [6.45, 7) is 0. The van der Waals surface area contributed by atoms with Crippen LogP contribution in [0, 0.1) is 0 Å². The molecule has 0 heterocycles. The van der Waals surface area contributed by atoms with Gasteiger partial charge in [0.05, 0.1) is 0 Å². The maximum absolute atomic E-state index is 11.9. The Balaban J connectivity index is 0.00000256. The van der Waals surface area contributed by atoms with Gasteiger partial charge in [0.2, 0.25) is 0 Å². The molecule has 0 aliphatic carbocycles. The molecule has 0 saturated heterocycles. The molecule has 4 aromatic rings. The van der Waals surface area contributed by atoms with Gasteiger partial charge in [-0.3, -0.25) is 13.7 Å². The molecule has 0 aliphatic rings. The Bertz CT molecular complexity index is 1670. The van der Waals surface area contributed by atoms with Gasteiger partial charge in [-0.15, -0.1) is 0 Å². The minimum atomic E-state index is -5.10. The third-order valence-electron chi connectivity index (χ3n) is 4.60. The zero-order chi connectivity index (χ0) is 21.5. The first-order valence-electron chi connectivity index (χ1n) is 7.61. The third kappa shape index (κ3) is 3.45. The molecule has 0 aromatic heterocycles. The second-order valence-electron chi connectivity index (χ2n) is 6.26. The molecule has 0 saturated carbocycles. The molecule has 0 radical (unpaired) electrons. The Hall–Kier alpha value is -1.55. The summed E-state index contributed by atoms with van der Waals surface area (Å²) < 4.78 is 100. The Labute approximate surface area is 192 Å². The van der Waals surface area contributed by atoms with Crippen molar-refractivity contribution >= 4 is 92.2 Å². The van der Waals surface area contributed by atoms with E-state index in [2.05, 4.69) is 0 Å². The molecule has 0 atom stereocenters. The first kappa shape index (κ1) is 23.1. The van der Waals surface area contributed by atoms with Gasteiger partial charge in [-0.2, -0.15) is 25.3 Å². The van der Waals surface area contributed by atoms with Gasteiger partial charge >= 0.3 is 29.6 Å². The van der Waals surface area contributed by atoms with Gasteiger partial charge in [0.25, 0.3) is 30.4 Å². The van der Waals surface area contributed by atoms with Crippen LogP contribution in [0.5, 0.6) is 5.75 Å². The van der Waals surface area contributed by atoms with Gasteiger partial charge in [-0.05, 0) is 30.3 Å². The monoisotopic (exact) mass is 482 g/mol. The Morgan fingerprint density at radius 3 is 1.40 bits per heavy atom. The van der Waals surface area contributed by atoms with E-state index in [1.54, 1.807) is 0 Å². The molecule has 0 fully saturated rings. The maximum atomic E-state index is 11.9. The van der Waals surface area contributed by atoms with Crippen molar-refractivity contribution in [1.29, 1.82) is 0 Å². The number of phenolic OH excluding ortho intramolecular Hbond substituents is 1. The van der Waals surface area contributed by atoms with Gasteiger partial charge in [0.15, 0.2) is 0 Å². The van der Waals surface area contributed by atoms with Crippen molar-refractivity contribution < 1.29 is 44.0 Å². The summed E-state index contributed by atoms with van der Waals surface area (Å²) in [6.07, 6.45) is 0. The standard InChI is InChI=1S/C16H10O10S3.Na.H/c17-11-4-3-9-12(27(18,19)20)5-10-14(29(24,25)26)6-13(28(21,22)23)8-2-1-7(11)15(9)16(8)10;;/h1-6,17H,(H,18,19,20)(H,21,22,23)(H,24,25,26);;. The predicted octanol–water partition coefficient (Wildman–Crippen LogP) is 1.38. The molecule has 0 unspecified atom stereocenters. The topological polar surface area (TPSA) is 183 Å². The Kier molecular flexibility index (Phi) is 5.38. The minimum absolute atomic E-state index is 0. The fraction of sp³-hybridized carbons (Fsp3) is 0. The molecule has 154 valence electrons. The first-order chi connectivity index (χ1) is 13.2. The SMILES string of the molecule is O=S(=O)(O)c1cc2c(S(=O)(=O)O)cc(S(=O)(=O)O)c3ccc4c(O)ccc1c4c32.[NaH]. The number of hydrogen-bond donors (Lipinski definition) is 4. The van der Waals surface area contributed by atoms with E-state index in [4.69, 9.17) is 0 Å². The van der Waals surface area contributed by atoms with Crippen molar-refractivity contribution in [2.75, 3.05) is 0 Å². The van der Waals surface area contributed by atoms with Crippen LogP contribution >= 0.6 is 0 Å². The van der Waals surface area contributed by atoms with E-state index in [-0.39, 0.29) is 62.2 Å². The number of benzene rings is 4. The molecule has 4 aromatic carbocycles. The summed E-state index contributed by atoms with van der Waals surface area (Å²) in [7, 11) is -15.0. The molecule has 10 nitrogen and oxygen atoms in total. The van der Waals surface area contributed by atoms with Gasteiger partial charge in [-0.1, -0.05) is 6.07 Å². The van der Waals surface area contributed by atoms with E-state index in [0.717, 1.165) is 18.2 Å². The van der Waals surface area contributed by atoms with Crippen molar-refractivity contribution in [2.45, 2.75) is 14.7 Å². The predicted molar refractivity (Wildman–Crippen MR) is 108 cm³/mol.